The Hall–Kier alpha value is -2.02. The van der Waals surface area contributed by atoms with Gasteiger partial charge in [0.05, 0.1) is 4.70 Å². The van der Waals surface area contributed by atoms with Gasteiger partial charge in [-0.25, -0.2) is 0 Å². The molecule has 3 aliphatic rings. The van der Waals surface area contributed by atoms with Crippen molar-refractivity contribution in [2.45, 2.75) is 45.6 Å². The number of hydrogen-bond donors (Lipinski definition) is 1. The van der Waals surface area contributed by atoms with E-state index in [2.05, 4.69) is 53.7 Å². The quantitative estimate of drug-likeness (QED) is 0.541. The summed E-state index contributed by atoms with van der Waals surface area (Å²) in [6.45, 7) is 10.0. The number of fused-ring (bicyclic) bond motifs is 2. The van der Waals surface area contributed by atoms with Crippen molar-refractivity contribution in [2.24, 2.45) is 17.8 Å². The Bertz CT molecular complexity index is 1120. The highest BCUT2D eigenvalue weighted by molar-refractivity contribution is 7.17. The van der Waals surface area contributed by atoms with Gasteiger partial charge in [-0.1, -0.05) is 17.7 Å². The van der Waals surface area contributed by atoms with Gasteiger partial charge in [0, 0.05) is 49.8 Å². The molecule has 6 heteroatoms. The second-order valence-corrected chi connectivity index (χ2v) is 11.4. The molecule has 5 nitrogen and oxygen atoms in total. The van der Waals surface area contributed by atoms with Crippen LogP contribution in [0, 0.1) is 31.6 Å². The van der Waals surface area contributed by atoms with Crippen LogP contribution in [0.5, 0.6) is 0 Å². The number of benzene rings is 1. The first kappa shape index (κ1) is 21.5. The highest BCUT2D eigenvalue weighted by Gasteiger charge is 2.41. The molecule has 2 saturated heterocycles. The van der Waals surface area contributed by atoms with E-state index in [0.29, 0.717) is 6.04 Å². The van der Waals surface area contributed by atoms with E-state index in [9.17, 15) is 0 Å². The Morgan fingerprint density at radius 2 is 1.85 bits per heavy atom. The van der Waals surface area contributed by atoms with Gasteiger partial charge in [-0.2, -0.15) is 0 Å². The zero-order chi connectivity index (χ0) is 22.4. The Kier molecular flexibility index (Phi) is 5.85. The lowest BCUT2D eigenvalue weighted by atomic mass is 10.00. The Morgan fingerprint density at radius 3 is 2.64 bits per heavy atom. The lowest BCUT2D eigenvalue weighted by Gasteiger charge is -2.27. The van der Waals surface area contributed by atoms with Crippen LogP contribution in [0.25, 0.3) is 21.3 Å². The number of likely N-dealkylation sites (tertiary alicyclic amines) is 1. The fourth-order valence-corrected chi connectivity index (χ4v) is 7.20. The molecule has 1 saturated carbocycles. The molecule has 1 aliphatic carbocycles. The van der Waals surface area contributed by atoms with Crippen LogP contribution in [0.3, 0.4) is 0 Å². The lowest BCUT2D eigenvalue weighted by molar-refractivity contribution is 0.0545. The summed E-state index contributed by atoms with van der Waals surface area (Å²) in [5.41, 5.74) is 4.72. The summed E-state index contributed by atoms with van der Waals surface area (Å²) in [4.78, 5) is 2.73. The van der Waals surface area contributed by atoms with Crippen LogP contribution in [0.15, 0.2) is 29.6 Å². The summed E-state index contributed by atoms with van der Waals surface area (Å²) in [6, 6.07) is 9.29. The van der Waals surface area contributed by atoms with E-state index in [1.54, 1.807) is 11.3 Å². The maximum Gasteiger partial charge on any atom is 0.157 e. The molecule has 0 amide bonds. The molecular formula is C27H34N4OS. The van der Waals surface area contributed by atoms with Crippen molar-refractivity contribution in [3.8, 4) is 11.3 Å². The van der Waals surface area contributed by atoms with Gasteiger partial charge in [0.15, 0.2) is 5.82 Å². The summed E-state index contributed by atoms with van der Waals surface area (Å²) in [5, 5.41) is 16.6. The molecule has 0 spiro atoms. The van der Waals surface area contributed by atoms with Crippen molar-refractivity contribution in [3.05, 3.63) is 40.8 Å². The summed E-state index contributed by atoms with van der Waals surface area (Å²) in [6.07, 6.45) is 4.98. The van der Waals surface area contributed by atoms with Gasteiger partial charge >= 0.3 is 0 Å². The van der Waals surface area contributed by atoms with Crippen LogP contribution in [0.2, 0.25) is 0 Å². The van der Waals surface area contributed by atoms with E-state index in [4.69, 9.17) is 14.9 Å². The zero-order valence-corrected chi connectivity index (χ0v) is 20.5. The van der Waals surface area contributed by atoms with Gasteiger partial charge < -0.3 is 15.0 Å². The first-order valence-corrected chi connectivity index (χ1v) is 13.4. The largest absolute Gasteiger partial charge is 0.381 e. The third kappa shape index (κ3) is 4.29. The van der Waals surface area contributed by atoms with Gasteiger partial charge in [0.1, 0.15) is 5.69 Å². The number of hydrogen-bond acceptors (Lipinski definition) is 6. The number of ether oxygens (including phenoxy) is 1. The normalized spacial score (nSPS) is 26.2. The van der Waals surface area contributed by atoms with Crippen molar-refractivity contribution < 1.29 is 4.74 Å². The number of anilines is 1. The molecule has 2 aliphatic heterocycles. The molecule has 0 radical (unpaired) electrons. The van der Waals surface area contributed by atoms with E-state index in [1.807, 2.05) is 0 Å². The van der Waals surface area contributed by atoms with Crippen molar-refractivity contribution in [1.82, 2.24) is 15.1 Å². The van der Waals surface area contributed by atoms with Gasteiger partial charge in [0.25, 0.3) is 0 Å². The molecular weight excluding hydrogens is 428 g/mol. The maximum atomic E-state index is 5.54. The average molecular weight is 463 g/mol. The zero-order valence-electron chi connectivity index (χ0n) is 19.7. The van der Waals surface area contributed by atoms with Gasteiger partial charge in [-0.15, -0.1) is 21.5 Å². The minimum atomic E-state index is 0.509. The van der Waals surface area contributed by atoms with Crippen LogP contribution in [-0.2, 0) is 4.74 Å². The Balaban J connectivity index is 1.14. The third-order valence-electron chi connectivity index (χ3n) is 8.06. The summed E-state index contributed by atoms with van der Waals surface area (Å²) >= 11 is 1.77. The summed E-state index contributed by atoms with van der Waals surface area (Å²) in [7, 11) is 0. The maximum absolute atomic E-state index is 5.54. The van der Waals surface area contributed by atoms with Crippen molar-refractivity contribution >= 4 is 27.2 Å². The Labute approximate surface area is 200 Å². The predicted octanol–water partition coefficient (Wildman–Crippen LogP) is 5.52. The molecule has 0 bridgehead atoms. The van der Waals surface area contributed by atoms with Crippen molar-refractivity contribution in [1.29, 1.82) is 0 Å². The molecule has 6 rings (SSSR count). The Morgan fingerprint density at radius 1 is 1.06 bits per heavy atom. The van der Waals surface area contributed by atoms with E-state index in [-0.39, 0.29) is 0 Å². The number of thiophene rings is 1. The number of aromatic nitrogens is 2. The lowest BCUT2D eigenvalue weighted by Crippen LogP contribution is -2.32. The first-order chi connectivity index (χ1) is 16.1. The van der Waals surface area contributed by atoms with Crippen LogP contribution >= 0.6 is 11.3 Å². The minimum absolute atomic E-state index is 0.509. The van der Waals surface area contributed by atoms with Crippen LogP contribution in [0.1, 0.15) is 36.8 Å². The molecule has 0 unspecified atom stereocenters. The molecule has 3 fully saturated rings. The second kappa shape index (κ2) is 8.97. The van der Waals surface area contributed by atoms with Gasteiger partial charge in [0.2, 0.25) is 0 Å². The van der Waals surface area contributed by atoms with Crippen molar-refractivity contribution in [3.63, 3.8) is 0 Å². The monoisotopic (exact) mass is 462 g/mol. The number of aryl methyl sites for hydroxylation is 2. The number of nitrogens with zero attached hydrogens (tertiary/aromatic N) is 3. The van der Waals surface area contributed by atoms with Gasteiger partial charge in [-0.3, -0.25) is 0 Å². The predicted molar refractivity (Wildman–Crippen MR) is 136 cm³/mol. The van der Waals surface area contributed by atoms with E-state index in [1.165, 1.54) is 72.1 Å². The summed E-state index contributed by atoms with van der Waals surface area (Å²) in [5.74, 6) is 3.44. The first-order valence-electron chi connectivity index (χ1n) is 12.5. The topological polar surface area (TPSA) is 50.3 Å². The molecule has 3 aromatic rings. The number of rotatable bonds is 5. The standard InChI is InChI=1S/C27H34N4OS/c1-17-3-4-18(2)24(11-17)25-26-23(7-10-33-26)27(30-29-25)28-22-12-20-15-31(16-21(20)13-22)14-19-5-8-32-9-6-19/h3-4,7,10-11,19-22H,5-6,8-9,12-16H2,1-2H3,(H,28,30)/t20-,21+,22+. The van der Waals surface area contributed by atoms with Crippen LogP contribution < -0.4 is 5.32 Å². The van der Waals surface area contributed by atoms with Crippen LogP contribution in [0.4, 0.5) is 5.82 Å². The van der Waals surface area contributed by atoms with Crippen LogP contribution in [-0.4, -0.2) is 54.0 Å². The molecule has 2 aromatic heterocycles. The van der Waals surface area contributed by atoms with E-state index >= 15 is 0 Å². The molecule has 174 valence electrons. The van der Waals surface area contributed by atoms with E-state index in [0.717, 1.165) is 42.5 Å². The SMILES string of the molecule is Cc1ccc(C)c(-c2nnc(N[C@H]3C[C@@H]4CN(CC5CCOCC5)C[C@@H]4C3)c3ccsc23)c1. The fourth-order valence-electron chi connectivity index (χ4n) is 6.30. The summed E-state index contributed by atoms with van der Waals surface area (Å²) < 4.78 is 6.78. The molecule has 3 atom stereocenters. The fraction of sp³-hybridized carbons (Fsp3) is 0.556. The number of nitrogens with one attached hydrogen (secondary N) is 1. The molecule has 1 aromatic carbocycles. The molecule has 4 heterocycles. The molecule has 1 N–H and O–H groups in total. The highest BCUT2D eigenvalue weighted by atomic mass is 32.1. The average Bonchev–Trinajstić information content (AvgIpc) is 3.52. The van der Waals surface area contributed by atoms with Crippen molar-refractivity contribution in [2.75, 3.05) is 38.2 Å². The van der Waals surface area contributed by atoms with E-state index < -0.39 is 0 Å². The van der Waals surface area contributed by atoms with Gasteiger partial charge in [-0.05, 0) is 80.4 Å². The third-order valence-corrected chi connectivity index (χ3v) is 8.98. The second-order valence-electron chi connectivity index (χ2n) is 10.5. The smallest absolute Gasteiger partial charge is 0.157 e. The molecule has 33 heavy (non-hydrogen) atoms. The highest BCUT2D eigenvalue weighted by Crippen LogP contribution is 2.41. The minimum Gasteiger partial charge on any atom is -0.381 e.